The van der Waals surface area contributed by atoms with Gasteiger partial charge in [-0.25, -0.2) is 0 Å². The number of fused-ring (bicyclic) bond motifs is 1. The van der Waals surface area contributed by atoms with Gasteiger partial charge in [-0.1, -0.05) is 72.8 Å². The zero-order chi connectivity index (χ0) is 19.3. The van der Waals surface area contributed by atoms with Crippen molar-refractivity contribution in [2.45, 2.75) is 25.7 Å². The van der Waals surface area contributed by atoms with E-state index in [-0.39, 0.29) is 5.91 Å². The van der Waals surface area contributed by atoms with Gasteiger partial charge in [0.05, 0.1) is 0 Å². The molecule has 3 aromatic carbocycles. The molecule has 0 spiro atoms. The van der Waals surface area contributed by atoms with Gasteiger partial charge in [-0.15, -0.1) is 10.2 Å². The number of benzene rings is 3. The summed E-state index contributed by atoms with van der Waals surface area (Å²) in [7, 11) is 0. The summed E-state index contributed by atoms with van der Waals surface area (Å²) < 4.78 is 0. The molecule has 0 saturated carbocycles. The highest BCUT2D eigenvalue weighted by Gasteiger charge is 2.25. The Morgan fingerprint density at radius 3 is 2.50 bits per heavy atom. The lowest BCUT2D eigenvalue weighted by atomic mass is 9.96. The second-order valence-corrected chi connectivity index (χ2v) is 6.71. The van der Waals surface area contributed by atoms with Crippen LogP contribution < -0.4 is 5.32 Å². The van der Waals surface area contributed by atoms with E-state index in [0.717, 1.165) is 28.4 Å². The molecule has 0 saturated heterocycles. The number of aromatic nitrogens is 4. The summed E-state index contributed by atoms with van der Waals surface area (Å²) in [5.74, 6) is -0.306. The Morgan fingerprint density at radius 2 is 1.75 bits per heavy atom. The van der Waals surface area contributed by atoms with Gasteiger partial charge in [0.25, 0.3) is 0 Å². The van der Waals surface area contributed by atoms with Crippen molar-refractivity contribution in [2.24, 2.45) is 0 Å². The molecular formula is C22H21N5O. The highest BCUT2D eigenvalue weighted by atomic mass is 16.1. The van der Waals surface area contributed by atoms with Crippen LogP contribution in [-0.2, 0) is 17.6 Å². The zero-order valence-corrected chi connectivity index (χ0v) is 15.6. The van der Waals surface area contributed by atoms with Crippen molar-refractivity contribution >= 4 is 22.4 Å². The SMILES string of the molecule is CCc1ccc(C[C@H](C(=O)Nc2cccc3ccccc23)c2nn[nH]n2)cc1. The molecule has 28 heavy (non-hydrogen) atoms. The first-order valence-corrected chi connectivity index (χ1v) is 9.34. The topological polar surface area (TPSA) is 83.6 Å². The van der Waals surface area contributed by atoms with Gasteiger partial charge in [0.1, 0.15) is 5.92 Å². The molecule has 1 heterocycles. The predicted molar refractivity (Wildman–Crippen MR) is 109 cm³/mol. The van der Waals surface area contributed by atoms with E-state index in [2.05, 4.69) is 57.1 Å². The van der Waals surface area contributed by atoms with Gasteiger partial charge in [-0.3, -0.25) is 4.79 Å². The van der Waals surface area contributed by atoms with Crippen LogP contribution in [0, 0.1) is 0 Å². The van der Waals surface area contributed by atoms with Crippen LogP contribution in [0.5, 0.6) is 0 Å². The van der Waals surface area contributed by atoms with Gasteiger partial charge in [0, 0.05) is 11.1 Å². The van der Waals surface area contributed by atoms with Crippen LogP contribution >= 0.6 is 0 Å². The average molecular weight is 371 g/mol. The number of hydrogen-bond donors (Lipinski definition) is 2. The Bertz CT molecular complexity index is 1070. The van der Waals surface area contributed by atoms with Crippen molar-refractivity contribution in [1.82, 2.24) is 20.6 Å². The molecule has 1 aromatic heterocycles. The van der Waals surface area contributed by atoms with E-state index < -0.39 is 5.92 Å². The molecule has 4 rings (SSSR count). The molecular weight excluding hydrogens is 350 g/mol. The van der Waals surface area contributed by atoms with Crippen LogP contribution in [0.4, 0.5) is 5.69 Å². The van der Waals surface area contributed by atoms with Gasteiger partial charge in [-0.05, 0) is 35.4 Å². The number of H-pyrrole nitrogens is 1. The van der Waals surface area contributed by atoms with Crippen molar-refractivity contribution in [3.63, 3.8) is 0 Å². The zero-order valence-electron chi connectivity index (χ0n) is 15.6. The lowest BCUT2D eigenvalue weighted by Crippen LogP contribution is -2.24. The minimum Gasteiger partial charge on any atom is -0.325 e. The van der Waals surface area contributed by atoms with E-state index in [1.807, 2.05) is 42.5 Å². The molecule has 6 nitrogen and oxygen atoms in total. The monoisotopic (exact) mass is 371 g/mol. The molecule has 0 unspecified atom stereocenters. The number of aryl methyl sites for hydroxylation is 1. The standard InChI is InChI=1S/C22H21N5O/c1-2-15-10-12-16(13-11-15)14-19(21-24-26-27-25-21)22(28)23-20-9-5-7-17-6-3-4-8-18(17)20/h3-13,19H,2,14H2,1H3,(H,23,28)(H,24,25,26,27)/t19-/m0/s1. The van der Waals surface area contributed by atoms with E-state index in [4.69, 9.17) is 0 Å². The van der Waals surface area contributed by atoms with Crippen LogP contribution in [0.15, 0.2) is 66.7 Å². The first kappa shape index (κ1) is 17.9. The second-order valence-electron chi connectivity index (χ2n) is 6.71. The maximum absolute atomic E-state index is 13.1. The minimum absolute atomic E-state index is 0.155. The fourth-order valence-corrected chi connectivity index (χ4v) is 3.32. The fraction of sp³-hybridized carbons (Fsp3) is 0.182. The molecule has 4 aromatic rings. The normalized spacial score (nSPS) is 12.0. The third kappa shape index (κ3) is 3.76. The number of rotatable bonds is 6. The van der Waals surface area contributed by atoms with Crippen molar-refractivity contribution < 1.29 is 4.79 Å². The number of tetrazole rings is 1. The van der Waals surface area contributed by atoms with Crippen molar-refractivity contribution in [3.8, 4) is 0 Å². The lowest BCUT2D eigenvalue weighted by molar-refractivity contribution is -0.117. The molecule has 0 aliphatic carbocycles. The molecule has 0 aliphatic rings. The van der Waals surface area contributed by atoms with E-state index in [1.54, 1.807) is 0 Å². The van der Waals surface area contributed by atoms with E-state index in [9.17, 15) is 4.79 Å². The fourth-order valence-electron chi connectivity index (χ4n) is 3.32. The van der Waals surface area contributed by atoms with Crippen molar-refractivity contribution in [3.05, 3.63) is 83.7 Å². The lowest BCUT2D eigenvalue weighted by Gasteiger charge is -2.15. The summed E-state index contributed by atoms with van der Waals surface area (Å²) in [5, 5.41) is 19.3. The van der Waals surface area contributed by atoms with E-state index >= 15 is 0 Å². The number of nitrogens with one attached hydrogen (secondary N) is 2. The summed E-state index contributed by atoms with van der Waals surface area (Å²) in [6, 6.07) is 22.1. The van der Waals surface area contributed by atoms with Crippen LogP contribution in [0.3, 0.4) is 0 Å². The van der Waals surface area contributed by atoms with Gasteiger partial charge < -0.3 is 5.32 Å². The van der Waals surface area contributed by atoms with Crippen LogP contribution in [-0.4, -0.2) is 26.5 Å². The van der Waals surface area contributed by atoms with Gasteiger partial charge in [-0.2, -0.15) is 5.21 Å². The molecule has 0 bridgehead atoms. The maximum atomic E-state index is 13.1. The summed E-state index contributed by atoms with van der Waals surface area (Å²) in [4.78, 5) is 13.1. The summed E-state index contributed by atoms with van der Waals surface area (Å²) in [6.07, 6.45) is 1.48. The molecule has 0 aliphatic heterocycles. The first-order chi connectivity index (χ1) is 13.7. The number of nitrogens with zero attached hydrogens (tertiary/aromatic N) is 3. The Morgan fingerprint density at radius 1 is 1.00 bits per heavy atom. The Balaban J connectivity index is 1.61. The van der Waals surface area contributed by atoms with Gasteiger partial charge in [0.2, 0.25) is 5.91 Å². The Hall–Kier alpha value is -3.54. The van der Waals surface area contributed by atoms with E-state index in [1.165, 1.54) is 5.56 Å². The summed E-state index contributed by atoms with van der Waals surface area (Å²) >= 11 is 0. The smallest absolute Gasteiger partial charge is 0.235 e. The molecule has 1 atom stereocenters. The summed E-state index contributed by atoms with van der Waals surface area (Å²) in [6.45, 7) is 2.12. The quantitative estimate of drug-likeness (QED) is 0.539. The molecule has 6 heteroatoms. The maximum Gasteiger partial charge on any atom is 0.235 e. The number of aromatic amines is 1. The molecule has 0 fully saturated rings. The van der Waals surface area contributed by atoms with E-state index in [0.29, 0.717) is 12.2 Å². The van der Waals surface area contributed by atoms with Crippen molar-refractivity contribution in [2.75, 3.05) is 5.32 Å². The minimum atomic E-state index is -0.537. The van der Waals surface area contributed by atoms with Crippen LogP contribution in [0.1, 0.15) is 29.8 Å². The third-order valence-corrected chi connectivity index (χ3v) is 4.91. The molecule has 140 valence electrons. The third-order valence-electron chi connectivity index (χ3n) is 4.91. The van der Waals surface area contributed by atoms with Crippen LogP contribution in [0.25, 0.3) is 10.8 Å². The second kappa shape index (κ2) is 8.00. The number of carbonyl (C=O) groups excluding carboxylic acids is 1. The summed E-state index contributed by atoms with van der Waals surface area (Å²) in [5.41, 5.74) is 3.10. The first-order valence-electron chi connectivity index (χ1n) is 9.34. The number of anilines is 1. The van der Waals surface area contributed by atoms with Crippen molar-refractivity contribution in [1.29, 1.82) is 0 Å². The van der Waals surface area contributed by atoms with Gasteiger partial charge >= 0.3 is 0 Å². The molecule has 1 amide bonds. The number of hydrogen-bond acceptors (Lipinski definition) is 4. The van der Waals surface area contributed by atoms with Gasteiger partial charge in [0.15, 0.2) is 5.82 Å². The highest BCUT2D eigenvalue weighted by molar-refractivity contribution is 6.04. The highest BCUT2D eigenvalue weighted by Crippen LogP contribution is 2.26. The van der Waals surface area contributed by atoms with Crippen LogP contribution in [0.2, 0.25) is 0 Å². The predicted octanol–water partition coefficient (Wildman–Crippen LogP) is 3.88. The molecule has 2 N–H and O–H groups in total. The largest absolute Gasteiger partial charge is 0.325 e. The number of amides is 1. The average Bonchev–Trinajstić information content (AvgIpc) is 3.27. The number of carbonyl (C=O) groups is 1. The Labute approximate surface area is 163 Å². The Kier molecular flexibility index (Phi) is 5.10. The molecule has 0 radical (unpaired) electrons.